The Morgan fingerprint density at radius 2 is 2.00 bits per heavy atom. The van der Waals surface area contributed by atoms with E-state index in [4.69, 9.17) is 15.2 Å². The largest absolute Gasteiger partial charge is 0.497 e. The highest BCUT2D eigenvalue weighted by molar-refractivity contribution is 5.81. The number of hydrogen-bond donors (Lipinski definition) is 1. The molecule has 2 N–H and O–H groups in total. The summed E-state index contributed by atoms with van der Waals surface area (Å²) in [6.07, 6.45) is 0.739. The summed E-state index contributed by atoms with van der Waals surface area (Å²) in [4.78, 5) is 4.49. The molecule has 0 radical (unpaired) electrons. The standard InChI is InChI=1S/C14H18N2O2/c1-9(15)6-11-7-10-8-12(17-2)4-5-13(10)16-14(11)18-3/h4-5,7-9H,6,15H2,1-3H3. The third-order valence-corrected chi connectivity index (χ3v) is 2.80. The van der Waals surface area contributed by atoms with Crippen LogP contribution >= 0.6 is 0 Å². The second-order valence-corrected chi connectivity index (χ2v) is 4.40. The van der Waals surface area contributed by atoms with Crippen molar-refractivity contribution in [1.82, 2.24) is 4.98 Å². The molecule has 0 amide bonds. The first-order valence-electron chi connectivity index (χ1n) is 5.91. The third-order valence-electron chi connectivity index (χ3n) is 2.80. The first-order chi connectivity index (χ1) is 8.63. The van der Waals surface area contributed by atoms with Crippen molar-refractivity contribution in [3.63, 3.8) is 0 Å². The van der Waals surface area contributed by atoms with E-state index in [0.717, 1.165) is 28.6 Å². The zero-order valence-corrected chi connectivity index (χ0v) is 10.9. The smallest absolute Gasteiger partial charge is 0.216 e. The summed E-state index contributed by atoms with van der Waals surface area (Å²) < 4.78 is 10.5. The van der Waals surface area contributed by atoms with Crippen LogP contribution < -0.4 is 15.2 Å². The lowest BCUT2D eigenvalue weighted by atomic mass is 10.1. The van der Waals surface area contributed by atoms with Crippen LogP contribution in [0.25, 0.3) is 10.9 Å². The molecule has 96 valence electrons. The van der Waals surface area contributed by atoms with E-state index in [1.165, 1.54) is 0 Å². The molecule has 0 fully saturated rings. The Bertz CT molecular complexity index is 553. The lowest BCUT2D eigenvalue weighted by molar-refractivity contribution is 0.393. The second kappa shape index (κ2) is 5.23. The van der Waals surface area contributed by atoms with Crippen LogP contribution in [0.2, 0.25) is 0 Å². The highest BCUT2D eigenvalue weighted by atomic mass is 16.5. The lowest BCUT2D eigenvalue weighted by Gasteiger charge is -2.11. The minimum Gasteiger partial charge on any atom is -0.497 e. The van der Waals surface area contributed by atoms with E-state index in [2.05, 4.69) is 11.1 Å². The number of nitrogens with two attached hydrogens (primary N) is 1. The van der Waals surface area contributed by atoms with E-state index in [-0.39, 0.29) is 6.04 Å². The normalized spacial score (nSPS) is 12.4. The van der Waals surface area contributed by atoms with Gasteiger partial charge in [-0.3, -0.25) is 0 Å². The van der Waals surface area contributed by atoms with Crippen molar-refractivity contribution in [1.29, 1.82) is 0 Å². The van der Waals surface area contributed by atoms with Gasteiger partial charge in [0.25, 0.3) is 0 Å². The fraction of sp³-hybridized carbons (Fsp3) is 0.357. The summed E-state index contributed by atoms with van der Waals surface area (Å²) in [5.74, 6) is 1.46. The Labute approximate surface area is 107 Å². The highest BCUT2D eigenvalue weighted by Gasteiger charge is 2.09. The van der Waals surface area contributed by atoms with Crippen molar-refractivity contribution in [2.75, 3.05) is 14.2 Å². The molecule has 0 spiro atoms. The van der Waals surface area contributed by atoms with E-state index < -0.39 is 0 Å². The number of pyridine rings is 1. The first-order valence-corrected chi connectivity index (χ1v) is 5.91. The zero-order chi connectivity index (χ0) is 13.1. The predicted molar refractivity (Wildman–Crippen MR) is 72.2 cm³/mol. The summed E-state index contributed by atoms with van der Waals surface area (Å²) in [6.45, 7) is 1.97. The van der Waals surface area contributed by atoms with Gasteiger partial charge < -0.3 is 15.2 Å². The van der Waals surface area contributed by atoms with Crippen LogP contribution in [-0.2, 0) is 6.42 Å². The number of aromatic nitrogens is 1. The number of methoxy groups -OCH3 is 2. The SMILES string of the molecule is COc1ccc2nc(OC)c(CC(C)N)cc2c1. The fourth-order valence-corrected chi connectivity index (χ4v) is 1.98. The molecule has 1 aromatic carbocycles. The van der Waals surface area contributed by atoms with Crippen LogP contribution in [0.1, 0.15) is 12.5 Å². The number of fused-ring (bicyclic) bond motifs is 1. The monoisotopic (exact) mass is 246 g/mol. The first kappa shape index (κ1) is 12.6. The van der Waals surface area contributed by atoms with Crippen LogP contribution in [0, 0.1) is 0 Å². The van der Waals surface area contributed by atoms with Gasteiger partial charge in [0, 0.05) is 17.0 Å². The van der Waals surface area contributed by atoms with E-state index in [9.17, 15) is 0 Å². The van der Waals surface area contributed by atoms with E-state index in [1.54, 1.807) is 14.2 Å². The highest BCUT2D eigenvalue weighted by Crippen LogP contribution is 2.26. The Kier molecular flexibility index (Phi) is 3.67. The maximum Gasteiger partial charge on any atom is 0.216 e. The molecular formula is C14H18N2O2. The van der Waals surface area contributed by atoms with E-state index in [1.807, 2.05) is 25.1 Å². The Hall–Kier alpha value is -1.81. The number of benzene rings is 1. The number of ether oxygens (including phenoxy) is 2. The second-order valence-electron chi connectivity index (χ2n) is 4.40. The molecule has 1 heterocycles. The zero-order valence-electron chi connectivity index (χ0n) is 10.9. The van der Waals surface area contributed by atoms with Crippen LogP contribution in [-0.4, -0.2) is 25.2 Å². The molecule has 1 aromatic heterocycles. The van der Waals surface area contributed by atoms with Crippen molar-refractivity contribution in [3.05, 3.63) is 29.8 Å². The number of hydrogen-bond acceptors (Lipinski definition) is 4. The molecule has 1 unspecified atom stereocenters. The van der Waals surface area contributed by atoms with Gasteiger partial charge in [0.1, 0.15) is 5.75 Å². The average Bonchev–Trinajstić information content (AvgIpc) is 2.36. The summed E-state index contributed by atoms with van der Waals surface area (Å²) >= 11 is 0. The number of rotatable bonds is 4. The van der Waals surface area contributed by atoms with E-state index in [0.29, 0.717) is 5.88 Å². The molecule has 0 aliphatic rings. The van der Waals surface area contributed by atoms with Crippen LogP contribution in [0.15, 0.2) is 24.3 Å². The minimum atomic E-state index is 0.0729. The average molecular weight is 246 g/mol. The maximum atomic E-state index is 5.84. The van der Waals surface area contributed by atoms with Crippen LogP contribution in [0.5, 0.6) is 11.6 Å². The van der Waals surface area contributed by atoms with E-state index >= 15 is 0 Å². The van der Waals surface area contributed by atoms with Crippen molar-refractivity contribution >= 4 is 10.9 Å². The summed E-state index contributed by atoms with van der Waals surface area (Å²) in [6, 6.07) is 7.91. The van der Waals surface area contributed by atoms with Gasteiger partial charge in [-0.2, -0.15) is 0 Å². The molecule has 2 aromatic rings. The van der Waals surface area contributed by atoms with Gasteiger partial charge in [-0.25, -0.2) is 4.98 Å². The predicted octanol–water partition coefficient (Wildman–Crippen LogP) is 2.14. The molecule has 0 saturated heterocycles. The van der Waals surface area contributed by atoms with Crippen molar-refractivity contribution in [3.8, 4) is 11.6 Å². The third kappa shape index (κ3) is 2.54. The molecule has 0 aliphatic carbocycles. The Morgan fingerprint density at radius 3 is 2.61 bits per heavy atom. The van der Waals surface area contributed by atoms with Crippen molar-refractivity contribution < 1.29 is 9.47 Å². The molecule has 0 bridgehead atoms. The molecule has 1 atom stereocenters. The Morgan fingerprint density at radius 1 is 1.22 bits per heavy atom. The molecular weight excluding hydrogens is 228 g/mol. The van der Waals surface area contributed by atoms with Crippen LogP contribution in [0.4, 0.5) is 0 Å². The lowest BCUT2D eigenvalue weighted by Crippen LogP contribution is -2.18. The number of nitrogens with zero attached hydrogens (tertiary/aromatic N) is 1. The molecule has 4 nitrogen and oxygen atoms in total. The summed E-state index contributed by atoms with van der Waals surface area (Å²) in [5.41, 5.74) is 7.75. The van der Waals surface area contributed by atoms with Gasteiger partial charge in [0.2, 0.25) is 5.88 Å². The molecule has 4 heteroatoms. The van der Waals surface area contributed by atoms with Gasteiger partial charge in [-0.1, -0.05) is 0 Å². The minimum absolute atomic E-state index is 0.0729. The van der Waals surface area contributed by atoms with Crippen molar-refractivity contribution in [2.45, 2.75) is 19.4 Å². The Balaban J connectivity index is 2.54. The van der Waals surface area contributed by atoms with Crippen LogP contribution in [0.3, 0.4) is 0 Å². The van der Waals surface area contributed by atoms with Gasteiger partial charge in [0.15, 0.2) is 0 Å². The molecule has 0 aliphatic heterocycles. The van der Waals surface area contributed by atoms with Gasteiger partial charge >= 0.3 is 0 Å². The summed E-state index contributed by atoms with van der Waals surface area (Å²) in [5, 5.41) is 1.03. The fourth-order valence-electron chi connectivity index (χ4n) is 1.98. The maximum absolute atomic E-state index is 5.84. The quantitative estimate of drug-likeness (QED) is 0.898. The molecule has 18 heavy (non-hydrogen) atoms. The topological polar surface area (TPSA) is 57.4 Å². The molecule has 2 rings (SSSR count). The van der Waals surface area contributed by atoms with Gasteiger partial charge in [0.05, 0.1) is 19.7 Å². The van der Waals surface area contributed by atoms with Gasteiger partial charge in [-0.05, 0) is 37.6 Å². The van der Waals surface area contributed by atoms with Gasteiger partial charge in [-0.15, -0.1) is 0 Å². The summed E-state index contributed by atoms with van der Waals surface area (Å²) in [7, 11) is 3.28. The molecule has 0 saturated carbocycles. The van der Waals surface area contributed by atoms with Crippen molar-refractivity contribution in [2.24, 2.45) is 5.73 Å².